The highest BCUT2D eigenvalue weighted by molar-refractivity contribution is 8.19. The van der Waals surface area contributed by atoms with E-state index in [1.165, 1.54) is 40.1 Å². The Morgan fingerprint density at radius 3 is 2.50 bits per heavy atom. The minimum Gasteiger partial charge on any atom is -0.457 e. The van der Waals surface area contributed by atoms with E-state index in [0.29, 0.717) is 38.0 Å². The predicted octanol–water partition coefficient (Wildman–Crippen LogP) is 5.82. The highest BCUT2D eigenvalue weighted by Gasteiger charge is 2.35. The van der Waals surface area contributed by atoms with Crippen LogP contribution >= 0.6 is 23.1 Å². The van der Waals surface area contributed by atoms with Crippen LogP contribution in [0.15, 0.2) is 81.0 Å². The Morgan fingerprint density at radius 1 is 1.06 bits per heavy atom. The average Bonchev–Trinajstić information content (AvgIpc) is 3.55. The van der Waals surface area contributed by atoms with Crippen LogP contribution in [0.4, 0.5) is 16.5 Å². The predicted molar refractivity (Wildman–Crippen MR) is 132 cm³/mol. The van der Waals surface area contributed by atoms with Crippen molar-refractivity contribution in [3.63, 3.8) is 0 Å². The van der Waals surface area contributed by atoms with E-state index in [9.17, 15) is 14.9 Å². The highest BCUT2D eigenvalue weighted by atomic mass is 32.2. The molecule has 34 heavy (non-hydrogen) atoms. The number of hydrogen-bond acceptors (Lipinski definition) is 9. The summed E-state index contributed by atoms with van der Waals surface area (Å²) in [6.07, 6.45) is 1.66. The van der Waals surface area contributed by atoms with Gasteiger partial charge in [-0.15, -0.1) is 10.2 Å². The quantitative estimate of drug-likeness (QED) is 0.197. The van der Waals surface area contributed by atoms with E-state index < -0.39 is 4.92 Å². The summed E-state index contributed by atoms with van der Waals surface area (Å²) in [7, 11) is 0. The Balaban J connectivity index is 1.47. The van der Waals surface area contributed by atoms with Crippen molar-refractivity contribution in [3.8, 4) is 11.3 Å². The van der Waals surface area contributed by atoms with Gasteiger partial charge in [-0.25, -0.2) is 0 Å². The summed E-state index contributed by atoms with van der Waals surface area (Å²) in [4.78, 5) is 30.3. The first-order valence-electron chi connectivity index (χ1n) is 10.0. The third-order valence-electron chi connectivity index (χ3n) is 4.79. The van der Waals surface area contributed by atoms with Crippen LogP contribution in [0, 0.1) is 17.0 Å². The standard InChI is InChI=1S/C23H15N5O4S2/c1-14-25-26-22(33-14)24-23-27(16-5-3-2-4-6-16)21(29)20(34-23)13-18-11-12-19(32-18)15-7-9-17(10-8-15)28(30)31/h2-13H,1H3/b20-13+,24-23+. The molecule has 0 aliphatic carbocycles. The third-order valence-corrected chi connectivity index (χ3v) is 6.49. The smallest absolute Gasteiger partial charge is 0.271 e. The molecule has 11 heteroatoms. The van der Waals surface area contributed by atoms with Gasteiger partial charge in [0.05, 0.1) is 15.5 Å². The maximum Gasteiger partial charge on any atom is 0.271 e. The molecular formula is C23H15N5O4S2. The molecule has 9 nitrogen and oxygen atoms in total. The summed E-state index contributed by atoms with van der Waals surface area (Å²) in [5.41, 5.74) is 1.39. The number of amidine groups is 1. The number of nitro benzene ring substituents is 1. The zero-order chi connectivity index (χ0) is 23.7. The van der Waals surface area contributed by atoms with E-state index in [1.54, 1.807) is 30.3 Å². The number of non-ortho nitro benzene ring substituents is 1. The molecule has 2 aromatic heterocycles. The molecule has 0 unspecified atom stereocenters. The third kappa shape index (κ3) is 4.38. The van der Waals surface area contributed by atoms with E-state index in [-0.39, 0.29) is 11.6 Å². The number of aromatic nitrogens is 2. The van der Waals surface area contributed by atoms with E-state index in [4.69, 9.17) is 4.42 Å². The number of amides is 1. The Bertz CT molecular complexity index is 1440. The number of aliphatic imine (C=N–C) groups is 1. The van der Waals surface area contributed by atoms with E-state index in [2.05, 4.69) is 15.2 Å². The minimum absolute atomic E-state index is 0.00374. The highest BCUT2D eigenvalue weighted by Crippen LogP contribution is 2.38. The first-order chi connectivity index (χ1) is 16.5. The normalized spacial score (nSPS) is 16.0. The van der Waals surface area contributed by atoms with Crippen molar-refractivity contribution < 1.29 is 14.1 Å². The number of para-hydroxylation sites is 1. The molecule has 1 aliphatic rings. The SMILES string of the molecule is Cc1nnc(/N=C2/S/C(=C/c3ccc(-c4ccc([N+](=O)[O-])cc4)o3)C(=O)N2c2ccccc2)s1. The molecule has 1 amide bonds. The van der Waals surface area contributed by atoms with E-state index in [0.717, 1.165) is 5.01 Å². The zero-order valence-corrected chi connectivity index (χ0v) is 19.2. The Labute approximate surface area is 201 Å². The largest absolute Gasteiger partial charge is 0.457 e. The van der Waals surface area contributed by atoms with Crippen LogP contribution in [0.25, 0.3) is 17.4 Å². The van der Waals surface area contributed by atoms with Crippen LogP contribution in [0.5, 0.6) is 0 Å². The maximum atomic E-state index is 13.3. The van der Waals surface area contributed by atoms with Gasteiger partial charge in [-0.2, -0.15) is 4.99 Å². The molecule has 0 radical (unpaired) electrons. The molecule has 2 aromatic carbocycles. The topological polar surface area (TPSA) is 115 Å². The lowest BCUT2D eigenvalue weighted by molar-refractivity contribution is -0.384. The van der Waals surface area contributed by atoms with Gasteiger partial charge in [0.25, 0.3) is 11.6 Å². The van der Waals surface area contributed by atoms with E-state index in [1.807, 2.05) is 37.3 Å². The van der Waals surface area contributed by atoms with Crippen molar-refractivity contribution in [2.45, 2.75) is 6.92 Å². The van der Waals surface area contributed by atoms with Crippen LogP contribution in [-0.2, 0) is 4.79 Å². The van der Waals surface area contributed by atoms with Crippen LogP contribution in [-0.4, -0.2) is 26.2 Å². The van der Waals surface area contributed by atoms with Gasteiger partial charge in [0.2, 0.25) is 5.13 Å². The summed E-state index contributed by atoms with van der Waals surface area (Å²) in [5.74, 6) is 0.782. The molecule has 1 fully saturated rings. The number of rotatable bonds is 5. The molecule has 1 aliphatic heterocycles. The van der Waals surface area contributed by atoms with Gasteiger partial charge in [-0.05, 0) is 55.1 Å². The lowest BCUT2D eigenvalue weighted by Crippen LogP contribution is -2.28. The zero-order valence-electron chi connectivity index (χ0n) is 17.6. The summed E-state index contributed by atoms with van der Waals surface area (Å²) < 4.78 is 5.89. The molecule has 0 spiro atoms. The fraction of sp³-hybridized carbons (Fsp3) is 0.0435. The number of aryl methyl sites for hydroxylation is 1. The van der Waals surface area contributed by atoms with Crippen LogP contribution in [0.2, 0.25) is 0 Å². The molecule has 0 bridgehead atoms. The summed E-state index contributed by atoms with van der Waals surface area (Å²) in [6, 6.07) is 18.8. The molecule has 168 valence electrons. The average molecular weight is 490 g/mol. The van der Waals surface area contributed by atoms with Gasteiger partial charge in [0.1, 0.15) is 16.5 Å². The molecular weight excluding hydrogens is 474 g/mol. The van der Waals surface area contributed by atoms with E-state index >= 15 is 0 Å². The molecule has 4 aromatic rings. The summed E-state index contributed by atoms with van der Waals surface area (Å²) in [5, 5.41) is 20.6. The molecule has 3 heterocycles. The van der Waals surface area contributed by atoms with Gasteiger partial charge < -0.3 is 4.42 Å². The Kier molecular flexibility index (Phi) is 5.78. The van der Waals surface area contributed by atoms with Gasteiger partial charge in [-0.3, -0.25) is 19.8 Å². The number of carbonyl (C=O) groups excluding carboxylic acids is 1. The number of thioether (sulfide) groups is 1. The lowest BCUT2D eigenvalue weighted by Gasteiger charge is -2.14. The van der Waals surface area contributed by atoms with Gasteiger partial charge in [-0.1, -0.05) is 29.5 Å². The fourth-order valence-electron chi connectivity index (χ4n) is 3.23. The second kappa shape index (κ2) is 9.04. The fourth-order valence-corrected chi connectivity index (χ4v) is 4.81. The van der Waals surface area contributed by atoms with Crippen molar-refractivity contribution in [1.82, 2.24) is 10.2 Å². The lowest BCUT2D eigenvalue weighted by atomic mass is 10.1. The first kappa shape index (κ1) is 21.7. The monoisotopic (exact) mass is 489 g/mol. The van der Waals surface area contributed by atoms with Crippen LogP contribution in [0.1, 0.15) is 10.8 Å². The van der Waals surface area contributed by atoms with Crippen molar-refractivity contribution in [2.75, 3.05) is 4.90 Å². The molecule has 0 atom stereocenters. The second-order valence-corrected chi connectivity index (χ2v) is 9.26. The number of nitro groups is 1. The van der Waals surface area contributed by atoms with Gasteiger partial charge in [0, 0.05) is 23.8 Å². The number of nitrogens with zero attached hydrogens (tertiary/aromatic N) is 5. The van der Waals surface area contributed by atoms with Gasteiger partial charge >= 0.3 is 0 Å². The first-order valence-corrected chi connectivity index (χ1v) is 11.6. The molecule has 1 saturated heterocycles. The Morgan fingerprint density at radius 2 is 1.82 bits per heavy atom. The molecule has 0 saturated carbocycles. The van der Waals surface area contributed by atoms with Crippen molar-refractivity contribution in [2.24, 2.45) is 4.99 Å². The summed E-state index contributed by atoms with van der Waals surface area (Å²) in [6.45, 7) is 1.84. The van der Waals surface area contributed by atoms with Crippen LogP contribution < -0.4 is 4.90 Å². The number of furan rings is 1. The maximum absolute atomic E-state index is 13.3. The second-order valence-electron chi connectivity index (χ2n) is 7.09. The minimum atomic E-state index is -0.453. The number of carbonyl (C=O) groups is 1. The Hall–Kier alpha value is -4.09. The number of hydrogen-bond donors (Lipinski definition) is 0. The van der Waals surface area contributed by atoms with Crippen LogP contribution in [0.3, 0.4) is 0 Å². The van der Waals surface area contributed by atoms with Crippen molar-refractivity contribution in [3.05, 3.63) is 92.5 Å². The van der Waals surface area contributed by atoms with Crippen molar-refractivity contribution >= 4 is 56.8 Å². The number of benzene rings is 2. The molecule has 0 N–H and O–H groups in total. The molecule has 5 rings (SSSR count). The number of anilines is 1. The summed E-state index contributed by atoms with van der Waals surface area (Å²) >= 11 is 2.56. The van der Waals surface area contributed by atoms with Crippen molar-refractivity contribution in [1.29, 1.82) is 0 Å². The van der Waals surface area contributed by atoms with Gasteiger partial charge in [0.15, 0.2) is 5.17 Å².